The van der Waals surface area contributed by atoms with Crippen molar-refractivity contribution < 1.29 is 0 Å². The largest absolute Gasteiger partial charge is 0.308 e. The number of hydrogen-bond acceptors (Lipinski definition) is 0. The zero-order valence-corrected chi connectivity index (χ0v) is 50.2. The Kier molecular flexibility index (Phi) is 11.7. The molecule has 0 saturated carbocycles. The topological polar surface area (TPSA) is 9.86 Å². The number of nitrogens with zero attached hydrogens (tertiary/aromatic N) is 2. The first-order valence-electron chi connectivity index (χ1n) is 31.9. The number of para-hydroxylation sites is 4. The van der Waals surface area contributed by atoms with Crippen molar-refractivity contribution in [3.05, 3.63) is 340 Å². The molecule has 2 nitrogen and oxygen atoms in total. The smallest absolute Gasteiger partial charge is 0.0619 e. The number of aromatic nitrogens is 2. The second-order valence-electron chi connectivity index (χ2n) is 24.5. The summed E-state index contributed by atoms with van der Waals surface area (Å²) in [6, 6.07) is 127. The lowest BCUT2D eigenvalue weighted by atomic mass is 9.80. The third-order valence-corrected chi connectivity index (χ3v) is 19.7. The Morgan fingerprint density at radius 2 is 0.380 bits per heavy atom. The Hall–Kier alpha value is -12.1. The molecule has 0 atom stereocenters. The van der Waals surface area contributed by atoms with Crippen molar-refractivity contribution in [2.45, 2.75) is 0 Å². The number of benzene rings is 17. The molecule has 2 heterocycles. The minimum absolute atomic E-state index is 1.16. The molecule has 0 unspecified atom stereocenters. The summed E-state index contributed by atoms with van der Waals surface area (Å²) in [5.41, 5.74) is 21.4. The van der Waals surface area contributed by atoms with Gasteiger partial charge in [-0.2, -0.15) is 0 Å². The lowest BCUT2D eigenvalue weighted by molar-refractivity contribution is 1.21. The molecule has 92 heavy (non-hydrogen) atoms. The molecular formula is C90H56N2. The highest BCUT2D eigenvalue weighted by Gasteiger charge is 2.27. The molecule has 19 rings (SSSR count). The minimum atomic E-state index is 1.16. The predicted octanol–water partition coefficient (Wildman–Crippen LogP) is 24.8. The molecule has 0 aliphatic rings. The fourth-order valence-electron chi connectivity index (χ4n) is 15.9. The lowest BCUT2D eigenvalue weighted by Crippen LogP contribution is -1.99. The van der Waals surface area contributed by atoms with Crippen LogP contribution in [0.15, 0.2) is 340 Å². The normalized spacial score (nSPS) is 11.9. The molecule has 426 valence electrons. The van der Waals surface area contributed by atoms with Crippen molar-refractivity contribution in [2.24, 2.45) is 0 Å². The van der Waals surface area contributed by atoms with Gasteiger partial charge in [0.2, 0.25) is 0 Å². The minimum Gasteiger partial charge on any atom is -0.308 e. The highest BCUT2D eigenvalue weighted by molar-refractivity contribution is 6.28. The summed E-state index contributed by atoms with van der Waals surface area (Å²) < 4.78 is 5.03. The number of rotatable bonds is 8. The summed E-state index contributed by atoms with van der Waals surface area (Å²) in [4.78, 5) is 0. The summed E-state index contributed by atoms with van der Waals surface area (Å²) in [5.74, 6) is 0. The highest BCUT2D eigenvalue weighted by atomic mass is 15.0. The van der Waals surface area contributed by atoms with Crippen LogP contribution >= 0.6 is 0 Å². The molecule has 0 aliphatic carbocycles. The average Bonchev–Trinajstić information content (AvgIpc) is 1.08. The van der Waals surface area contributed by atoms with Crippen LogP contribution in [0.5, 0.6) is 0 Å². The molecule has 2 heteroatoms. The fourth-order valence-corrected chi connectivity index (χ4v) is 15.9. The quantitative estimate of drug-likeness (QED) is 0.134. The standard InChI is InChI=1S/C90H56N2/c1-3-27-57(28-4-1)61-31-7-9-37-67(61)87-73-53-51-60(86-71-41-13-17-45-77(71)90(78-46-18-14-42-72(78)86)92-83-49-25-21-35-65(83)66-36-22-26-50-84(66)92)56-80(73)88(68-38-10-8-32-62(68)58-29-5-2-6-30-58)74-54-52-59(55-79(74)87)85-69-39-11-15-43-75(69)89(76-44-16-12-40-70(76)85)91-81-47-23-19-33-63(81)64-34-20-24-48-82(64)91/h1-56H. The van der Waals surface area contributed by atoms with E-state index in [-0.39, 0.29) is 0 Å². The molecule has 0 saturated heterocycles. The zero-order chi connectivity index (χ0) is 60.4. The van der Waals surface area contributed by atoms with Crippen LogP contribution in [0.2, 0.25) is 0 Å². The second kappa shape index (κ2) is 20.8. The van der Waals surface area contributed by atoms with Gasteiger partial charge in [-0.15, -0.1) is 0 Å². The first-order chi connectivity index (χ1) is 45.7. The van der Waals surface area contributed by atoms with E-state index < -0.39 is 0 Å². The van der Waals surface area contributed by atoms with Crippen LogP contribution < -0.4 is 0 Å². The Labute approximate surface area is 532 Å². The van der Waals surface area contributed by atoms with E-state index in [1.165, 1.54) is 175 Å². The molecule has 0 bridgehead atoms. The van der Waals surface area contributed by atoms with Gasteiger partial charge in [0, 0.05) is 43.1 Å². The zero-order valence-electron chi connectivity index (χ0n) is 50.2. The van der Waals surface area contributed by atoms with Crippen LogP contribution in [0.25, 0.3) is 186 Å². The third kappa shape index (κ3) is 7.74. The molecule has 0 aliphatic heterocycles. The van der Waals surface area contributed by atoms with Gasteiger partial charge in [0.15, 0.2) is 0 Å². The maximum atomic E-state index is 2.54. The summed E-state index contributed by atoms with van der Waals surface area (Å²) in [7, 11) is 0. The van der Waals surface area contributed by atoms with E-state index in [1.54, 1.807) is 0 Å². The van der Waals surface area contributed by atoms with Crippen molar-refractivity contribution >= 4 is 108 Å². The maximum absolute atomic E-state index is 2.54. The van der Waals surface area contributed by atoms with Gasteiger partial charge in [-0.3, -0.25) is 0 Å². The first-order valence-corrected chi connectivity index (χ1v) is 31.9. The van der Waals surface area contributed by atoms with Crippen LogP contribution in [0.3, 0.4) is 0 Å². The van der Waals surface area contributed by atoms with Crippen LogP contribution in [0.4, 0.5) is 0 Å². The maximum Gasteiger partial charge on any atom is 0.0619 e. The molecule has 19 aromatic rings. The summed E-state index contributed by atoms with van der Waals surface area (Å²) in [6.45, 7) is 0. The van der Waals surface area contributed by atoms with Crippen molar-refractivity contribution in [1.82, 2.24) is 9.13 Å². The van der Waals surface area contributed by atoms with Crippen LogP contribution in [0.1, 0.15) is 0 Å². The van der Waals surface area contributed by atoms with Crippen LogP contribution in [0, 0.1) is 0 Å². The van der Waals surface area contributed by atoms with E-state index >= 15 is 0 Å². The van der Waals surface area contributed by atoms with Crippen molar-refractivity contribution in [3.8, 4) is 78.1 Å². The van der Waals surface area contributed by atoms with E-state index in [2.05, 4.69) is 349 Å². The molecule has 2 aromatic heterocycles. The third-order valence-electron chi connectivity index (χ3n) is 19.7. The van der Waals surface area contributed by atoms with Crippen molar-refractivity contribution in [3.63, 3.8) is 0 Å². The number of hydrogen-bond donors (Lipinski definition) is 0. The predicted molar refractivity (Wildman–Crippen MR) is 393 cm³/mol. The molecule has 0 fully saturated rings. The Morgan fingerprint density at radius 1 is 0.141 bits per heavy atom. The Bertz CT molecular complexity index is 5640. The van der Waals surface area contributed by atoms with Gasteiger partial charge in [-0.1, -0.05) is 303 Å². The fraction of sp³-hybridized carbons (Fsp3) is 0. The van der Waals surface area contributed by atoms with Gasteiger partial charge in [-0.05, 0) is 146 Å². The van der Waals surface area contributed by atoms with E-state index in [9.17, 15) is 0 Å². The molecule has 0 amide bonds. The monoisotopic (exact) mass is 1160 g/mol. The Morgan fingerprint density at radius 3 is 0.696 bits per heavy atom. The van der Waals surface area contributed by atoms with Gasteiger partial charge < -0.3 is 9.13 Å². The molecule has 0 radical (unpaired) electrons. The van der Waals surface area contributed by atoms with Gasteiger partial charge in [0.25, 0.3) is 0 Å². The summed E-state index contributed by atoms with van der Waals surface area (Å²) in [5, 5.41) is 19.4. The first kappa shape index (κ1) is 51.9. The van der Waals surface area contributed by atoms with E-state index in [0.717, 1.165) is 11.1 Å². The van der Waals surface area contributed by atoms with E-state index in [1.807, 2.05) is 0 Å². The van der Waals surface area contributed by atoms with Crippen LogP contribution in [-0.4, -0.2) is 9.13 Å². The van der Waals surface area contributed by atoms with Crippen LogP contribution in [-0.2, 0) is 0 Å². The lowest BCUT2D eigenvalue weighted by Gasteiger charge is -2.24. The van der Waals surface area contributed by atoms with Gasteiger partial charge in [0.05, 0.1) is 33.4 Å². The summed E-state index contributed by atoms with van der Waals surface area (Å²) >= 11 is 0. The van der Waals surface area contributed by atoms with Gasteiger partial charge >= 0.3 is 0 Å². The molecule has 0 spiro atoms. The van der Waals surface area contributed by atoms with Gasteiger partial charge in [-0.25, -0.2) is 0 Å². The Balaban J connectivity index is 0.946. The number of fused-ring (bicyclic) bond motifs is 12. The SMILES string of the molecule is c1ccc(-c2ccccc2-c2c3ccc(-c4c5ccccc5c(-n5c6ccccc6c6ccccc65)c5ccccc45)cc3c(-c3ccccc3-c3ccccc3)c3ccc(-c4c5ccccc5c(-n5c6ccccc6c6ccccc65)c5ccccc45)cc23)cc1. The summed E-state index contributed by atoms with van der Waals surface area (Å²) in [6.07, 6.45) is 0. The van der Waals surface area contributed by atoms with E-state index in [0.29, 0.717) is 0 Å². The van der Waals surface area contributed by atoms with E-state index in [4.69, 9.17) is 0 Å². The van der Waals surface area contributed by atoms with Crippen molar-refractivity contribution in [1.29, 1.82) is 0 Å². The van der Waals surface area contributed by atoms with Crippen molar-refractivity contribution in [2.75, 3.05) is 0 Å². The average molecular weight is 1170 g/mol. The highest BCUT2D eigenvalue weighted by Crippen LogP contribution is 2.53. The second-order valence-corrected chi connectivity index (χ2v) is 24.5. The van der Waals surface area contributed by atoms with Gasteiger partial charge in [0.1, 0.15) is 0 Å². The molecule has 0 N–H and O–H groups in total. The molecular weight excluding hydrogens is 1110 g/mol. The molecule has 17 aromatic carbocycles.